The van der Waals surface area contributed by atoms with Crippen LogP contribution in [0.3, 0.4) is 0 Å². The third-order valence-corrected chi connectivity index (χ3v) is 6.64. The van der Waals surface area contributed by atoms with Gasteiger partial charge in [0.2, 0.25) is 17.7 Å². The lowest BCUT2D eigenvalue weighted by Crippen LogP contribution is -2.37. The topological polar surface area (TPSA) is 91.3 Å². The molecule has 34 heavy (non-hydrogen) atoms. The first-order valence-corrected chi connectivity index (χ1v) is 12.0. The summed E-state index contributed by atoms with van der Waals surface area (Å²) in [4.78, 5) is 2.21. The van der Waals surface area contributed by atoms with Crippen molar-refractivity contribution in [2.45, 2.75) is 24.3 Å². The molecule has 1 aliphatic rings. The first-order valence-electron chi connectivity index (χ1n) is 11.1. The van der Waals surface area contributed by atoms with E-state index in [9.17, 15) is 0 Å². The lowest BCUT2D eigenvalue weighted by molar-refractivity contribution is 0.122. The van der Waals surface area contributed by atoms with E-state index in [0.717, 1.165) is 41.2 Å². The minimum Gasteiger partial charge on any atom is -0.497 e. The van der Waals surface area contributed by atoms with Crippen molar-refractivity contribution >= 4 is 17.7 Å². The highest BCUT2D eigenvalue weighted by Crippen LogP contribution is 2.37. The Morgan fingerprint density at radius 3 is 2.38 bits per heavy atom. The standard InChI is InChI=1S/C24H26N6O3S/c1-16-4-8-19(9-5-16)30-23(29-12-14-32-15-13-29)27-28-24(30)34-17(2)21-25-26-22(33-21)18-6-10-20(31-3)11-7-18/h4-11,17H,12-15H2,1-3H3. The van der Waals surface area contributed by atoms with E-state index in [2.05, 4.69) is 61.1 Å². The lowest BCUT2D eigenvalue weighted by atomic mass is 10.2. The van der Waals surface area contributed by atoms with Crippen LogP contribution in [0, 0.1) is 6.92 Å². The second-order valence-corrected chi connectivity index (χ2v) is 9.29. The molecule has 1 unspecified atom stereocenters. The second-order valence-electron chi connectivity index (χ2n) is 7.99. The summed E-state index contributed by atoms with van der Waals surface area (Å²) < 4.78 is 18.8. The summed E-state index contributed by atoms with van der Waals surface area (Å²) in [7, 11) is 1.64. The largest absolute Gasteiger partial charge is 0.497 e. The van der Waals surface area contributed by atoms with Gasteiger partial charge in [0.15, 0.2) is 5.16 Å². The molecule has 176 valence electrons. The van der Waals surface area contributed by atoms with Gasteiger partial charge in [-0.1, -0.05) is 29.5 Å². The van der Waals surface area contributed by atoms with Crippen molar-refractivity contribution in [3.8, 4) is 22.9 Å². The van der Waals surface area contributed by atoms with Crippen molar-refractivity contribution in [1.82, 2.24) is 25.0 Å². The van der Waals surface area contributed by atoms with Crippen molar-refractivity contribution in [3.05, 3.63) is 60.0 Å². The van der Waals surface area contributed by atoms with Crippen LogP contribution in [-0.2, 0) is 4.74 Å². The van der Waals surface area contributed by atoms with Gasteiger partial charge in [-0.25, -0.2) is 0 Å². The Hall–Kier alpha value is -3.37. The van der Waals surface area contributed by atoms with Gasteiger partial charge in [0.25, 0.3) is 0 Å². The van der Waals surface area contributed by atoms with Gasteiger partial charge >= 0.3 is 0 Å². The van der Waals surface area contributed by atoms with Crippen LogP contribution in [0.4, 0.5) is 5.95 Å². The number of hydrogen-bond donors (Lipinski definition) is 0. The summed E-state index contributed by atoms with van der Waals surface area (Å²) in [6.45, 7) is 7.01. The number of rotatable bonds is 7. The van der Waals surface area contributed by atoms with Crippen LogP contribution in [0.1, 0.15) is 23.6 Å². The van der Waals surface area contributed by atoms with Crippen LogP contribution in [0.15, 0.2) is 58.1 Å². The molecule has 10 heteroatoms. The van der Waals surface area contributed by atoms with Crippen molar-refractivity contribution in [2.75, 3.05) is 38.3 Å². The molecule has 3 heterocycles. The van der Waals surface area contributed by atoms with E-state index in [4.69, 9.17) is 13.9 Å². The average molecular weight is 479 g/mol. The molecule has 0 aliphatic carbocycles. The molecule has 0 bridgehead atoms. The maximum absolute atomic E-state index is 5.99. The smallest absolute Gasteiger partial charge is 0.247 e. The van der Waals surface area contributed by atoms with E-state index in [1.807, 2.05) is 31.2 Å². The quantitative estimate of drug-likeness (QED) is 0.360. The van der Waals surface area contributed by atoms with Crippen LogP contribution in [0.2, 0.25) is 0 Å². The molecule has 9 nitrogen and oxygen atoms in total. The number of nitrogens with zero attached hydrogens (tertiary/aromatic N) is 6. The Balaban J connectivity index is 1.42. The summed E-state index contributed by atoms with van der Waals surface area (Å²) in [5, 5.41) is 18.2. The fourth-order valence-electron chi connectivity index (χ4n) is 3.68. The maximum atomic E-state index is 5.99. The molecule has 0 N–H and O–H groups in total. The fourth-order valence-corrected chi connectivity index (χ4v) is 4.58. The predicted octanol–water partition coefficient (Wildman–Crippen LogP) is 4.32. The number of morpholine rings is 1. The van der Waals surface area contributed by atoms with Crippen LogP contribution >= 0.6 is 11.8 Å². The highest BCUT2D eigenvalue weighted by molar-refractivity contribution is 7.99. The van der Waals surface area contributed by atoms with Crippen molar-refractivity contribution in [1.29, 1.82) is 0 Å². The Labute approximate surface area is 202 Å². The number of anilines is 1. The van der Waals surface area contributed by atoms with Gasteiger partial charge in [-0.15, -0.1) is 20.4 Å². The van der Waals surface area contributed by atoms with Gasteiger partial charge in [0, 0.05) is 18.7 Å². The molecular formula is C24H26N6O3S. The summed E-state index contributed by atoms with van der Waals surface area (Å²) in [6.07, 6.45) is 0. The number of methoxy groups -OCH3 is 1. The normalized spacial score (nSPS) is 14.9. The minimum absolute atomic E-state index is 0.120. The summed E-state index contributed by atoms with van der Waals surface area (Å²) in [6, 6.07) is 15.9. The first kappa shape index (κ1) is 22.4. The number of hydrogen-bond acceptors (Lipinski definition) is 9. The van der Waals surface area contributed by atoms with E-state index in [-0.39, 0.29) is 5.25 Å². The fraction of sp³-hybridized carbons (Fsp3) is 0.333. The molecule has 1 atom stereocenters. The molecule has 0 saturated carbocycles. The van der Waals surface area contributed by atoms with Crippen LogP contribution in [0.25, 0.3) is 17.1 Å². The number of aromatic nitrogens is 5. The molecule has 1 aliphatic heterocycles. The number of aryl methyl sites for hydroxylation is 1. The molecule has 2 aromatic heterocycles. The van der Waals surface area contributed by atoms with E-state index in [0.29, 0.717) is 25.0 Å². The molecule has 2 aromatic carbocycles. The number of ether oxygens (including phenoxy) is 2. The predicted molar refractivity (Wildman–Crippen MR) is 130 cm³/mol. The van der Waals surface area contributed by atoms with Crippen molar-refractivity contribution in [2.24, 2.45) is 0 Å². The van der Waals surface area contributed by atoms with Gasteiger partial charge in [0.05, 0.1) is 31.3 Å². The molecule has 1 fully saturated rings. The van der Waals surface area contributed by atoms with Crippen molar-refractivity contribution < 1.29 is 13.9 Å². The van der Waals surface area contributed by atoms with E-state index in [1.165, 1.54) is 17.3 Å². The molecule has 1 saturated heterocycles. The Morgan fingerprint density at radius 1 is 0.941 bits per heavy atom. The number of thioether (sulfide) groups is 1. The van der Waals surface area contributed by atoms with Crippen molar-refractivity contribution in [3.63, 3.8) is 0 Å². The zero-order chi connectivity index (χ0) is 23.5. The summed E-state index contributed by atoms with van der Waals surface area (Å²) >= 11 is 1.54. The first-order chi connectivity index (χ1) is 16.6. The van der Waals surface area contributed by atoms with Crippen LogP contribution < -0.4 is 9.64 Å². The Morgan fingerprint density at radius 2 is 1.68 bits per heavy atom. The van der Waals surface area contributed by atoms with Crippen LogP contribution in [0.5, 0.6) is 5.75 Å². The molecule has 4 aromatic rings. The second kappa shape index (κ2) is 9.86. The molecule has 0 spiro atoms. The van der Waals surface area contributed by atoms with Gasteiger partial charge in [-0.2, -0.15) is 0 Å². The zero-order valence-corrected chi connectivity index (χ0v) is 20.2. The third-order valence-electron chi connectivity index (χ3n) is 5.61. The third kappa shape index (κ3) is 4.64. The highest BCUT2D eigenvalue weighted by atomic mass is 32.2. The van der Waals surface area contributed by atoms with Gasteiger partial charge in [0.1, 0.15) is 5.75 Å². The summed E-state index contributed by atoms with van der Waals surface area (Å²) in [5.74, 6) is 2.59. The van der Waals surface area contributed by atoms with Crippen LogP contribution in [-0.4, -0.2) is 58.4 Å². The summed E-state index contributed by atoms with van der Waals surface area (Å²) in [5.41, 5.74) is 3.05. The van der Waals surface area contributed by atoms with Gasteiger partial charge in [-0.3, -0.25) is 4.57 Å². The van der Waals surface area contributed by atoms with Gasteiger partial charge in [-0.05, 0) is 50.2 Å². The average Bonchev–Trinajstić information content (AvgIpc) is 3.53. The Bertz CT molecular complexity index is 1230. The number of benzene rings is 2. The van der Waals surface area contributed by atoms with Gasteiger partial charge < -0.3 is 18.8 Å². The molecular weight excluding hydrogens is 452 g/mol. The molecule has 5 rings (SSSR count). The zero-order valence-electron chi connectivity index (χ0n) is 19.3. The monoisotopic (exact) mass is 478 g/mol. The minimum atomic E-state index is -0.120. The molecule has 0 amide bonds. The van der Waals surface area contributed by atoms with E-state index >= 15 is 0 Å². The van der Waals surface area contributed by atoms with E-state index in [1.54, 1.807) is 7.11 Å². The van der Waals surface area contributed by atoms with E-state index < -0.39 is 0 Å². The Kier molecular flexibility index (Phi) is 6.50. The maximum Gasteiger partial charge on any atom is 0.247 e. The molecule has 0 radical (unpaired) electrons. The SMILES string of the molecule is COc1ccc(-c2nnc(C(C)Sc3nnc(N4CCOCC4)n3-c3ccc(C)cc3)o2)cc1. The lowest BCUT2D eigenvalue weighted by Gasteiger charge is -2.28. The highest BCUT2D eigenvalue weighted by Gasteiger charge is 2.25.